The van der Waals surface area contributed by atoms with E-state index in [9.17, 15) is 5.11 Å². The zero-order chi connectivity index (χ0) is 16.2. The minimum absolute atomic E-state index is 0.265. The number of methoxy groups -OCH3 is 1. The van der Waals surface area contributed by atoms with E-state index in [0.717, 1.165) is 29.8 Å². The summed E-state index contributed by atoms with van der Waals surface area (Å²) in [5.74, 6) is 1.02. The van der Waals surface area contributed by atoms with Crippen LogP contribution in [-0.4, -0.2) is 23.4 Å². The van der Waals surface area contributed by atoms with Crippen LogP contribution < -0.4 is 15.0 Å². The van der Waals surface area contributed by atoms with E-state index in [1.165, 1.54) is 0 Å². The Labute approximate surface area is 141 Å². The maximum atomic E-state index is 10.1. The highest BCUT2D eigenvalue weighted by atomic mass is 32.1. The Balaban J connectivity index is 1.92. The van der Waals surface area contributed by atoms with Crippen LogP contribution in [-0.2, 0) is 6.54 Å². The van der Waals surface area contributed by atoms with Crippen LogP contribution in [0.25, 0.3) is 0 Å². The molecule has 0 saturated heterocycles. The fraction of sp³-hybridized carbons (Fsp3) is 0.278. The molecule has 2 N–H and O–H groups in total. The summed E-state index contributed by atoms with van der Waals surface area (Å²) in [6, 6.07) is 15.5. The van der Waals surface area contributed by atoms with Gasteiger partial charge >= 0.3 is 0 Å². The SMILES string of the molecule is COc1ccccc1N(Cc1ccccc1O)C(=S)NC1CC1. The monoisotopic (exact) mass is 328 g/mol. The van der Waals surface area contributed by atoms with Gasteiger partial charge in [0, 0.05) is 11.6 Å². The van der Waals surface area contributed by atoms with Crippen molar-refractivity contribution >= 4 is 23.0 Å². The van der Waals surface area contributed by atoms with Crippen molar-refractivity contribution in [2.24, 2.45) is 0 Å². The Kier molecular flexibility index (Phi) is 4.67. The van der Waals surface area contributed by atoms with E-state index in [0.29, 0.717) is 17.7 Å². The zero-order valence-corrected chi connectivity index (χ0v) is 13.8. The van der Waals surface area contributed by atoms with E-state index < -0.39 is 0 Å². The highest BCUT2D eigenvalue weighted by Crippen LogP contribution is 2.31. The molecule has 0 radical (unpaired) electrons. The summed E-state index contributed by atoms with van der Waals surface area (Å²) in [5, 5.41) is 14.1. The third-order valence-electron chi connectivity index (χ3n) is 3.85. The molecule has 0 amide bonds. The van der Waals surface area contributed by atoms with Crippen LogP contribution in [0.15, 0.2) is 48.5 Å². The Morgan fingerprint density at radius 3 is 2.61 bits per heavy atom. The van der Waals surface area contributed by atoms with E-state index in [1.54, 1.807) is 13.2 Å². The number of nitrogens with zero attached hydrogens (tertiary/aromatic N) is 1. The molecule has 0 heterocycles. The summed E-state index contributed by atoms with van der Waals surface area (Å²) < 4.78 is 5.47. The molecular formula is C18H20N2O2S. The summed E-state index contributed by atoms with van der Waals surface area (Å²) in [6.07, 6.45) is 2.30. The maximum Gasteiger partial charge on any atom is 0.174 e. The van der Waals surface area contributed by atoms with Gasteiger partial charge in [0.1, 0.15) is 11.5 Å². The number of aromatic hydroxyl groups is 1. The molecule has 23 heavy (non-hydrogen) atoms. The van der Waals surface area contributed by atoms with Gasteiger partial charge in [-0.15, -0.1) is 0 Å². The molecule has 3 rings (SSSR count). The molecule has 2 aromatic rings. The molecule has 1 aliphatic carbocycles. The van der Waals surface area contributed by atoms with Gasteiger partial charge in [-0.05, 0) is 43.3 Å². The van der Waals surface area contributed by atoms with Crippen molar-refractivity contribution in [3.63, 3.8) is 0 Å². The van der Waals surface area contributed by atoms with Gasteiger partial charge in [-0.2, -0.15) is 0 Å². The van der Waals surface area contributed by atoms with Crippen molar-refractivity contribution < 1.29 is 9.84 Å². The summed E-state index contributed by atoms with van der Waals surface area (Å²) in [5.41, 5.74) is 1.70. The highest BCUT2D eigenvalue weighted by molar-refractivity contribution is 7.80. The van der Waals surface area contributed by atoms with Crippen LogP contribution in [0.2, 0.25) is 0 Å². The number of nitrogens with one attached hydrogen (secondary N) is 1. The van der Waals surface area contributed by atoms with Gasteiger partial charge < -0.3 is 20.1 Å². The molecule has 1 fully saturated rings. The van der Waals surface area contributed by atoms with Gasteiger partial charge in [0.05, 0.1) is 19.3 Å². The second-order valence-electron chi connectivity index (χ2n) is 5.61. The molecule has 0 unspecified atom stereocenters. The van der Waals surface area contributed by atoms with Crippen LogP contribution in [0.5, 0.6) is 11.5 Å². The number of ether oxygens (including phenoxy) is 1. The summed E-state index contributed by atoms with van der Waals surface area (Å²) in [7, 11) is 1.65. The number of hydrogen-bond donors (Lipinski definition) is 2. The maximum absolute atomic E-state index is 10.1. The third-order valence-corrected chi connectivity index (χ3v) is 4.18. The first kappa shape index (κ1) is 15.6. The van der Waals surface area contributed by atoms with E-state index in [1.807, 2.05) is 47.4 Å². The molecule has 4 nitrogen and oxygen atoms in total. The van der Waals surface area contributed by atoms with Crippen LogP contribution in [0.3, 0.4) is 0 Å². The van der Waals surface area contributed by atoms with Crippen molar-refractivity contribution in [1.82, 2.24) is 5.32 Å². The van der Waals surface area contributed by atoms with Crippen molar-refractivity contribution in [3.8, 4) is 11.5 Å². The molecule has 0 aliphatic heterocycles. The number of thiocarbonyl (C=S) groups is 1. The van der Waals surface area contributed by atoms with Gasteiger partial charge in [0.25, 0.3) is 0 Å². The first-order valence-corrected chi connectivity index (χ1v) is 8.08. The lowest BCUT2D eigenvalue weighted by Crippen LogP contribution is -2.40. The van der Waals surface area contributed by atoms with Crippen molar-refractivity contribution in [1.29, 1.82) is 0 Å². The van der Waals surface area contributed by atoms with Crippen LogP contribution in [0, 0.1) is 0 Å². The molecule has 1 aliphatic rings. The van der Waals surface area contributed by atoms with Crippen molar-refractivity contribution in [2.45, 2.75) is 25.4 Å². The summed E-state index contributed by atoms with van der Waals surface area (Å²) >= 11 is 5.60. The molecule has 0 spiro atoms. The van der Waals surface area contributed by atoms with Crippen molar-refractivity contribution in [3.05, 3.63) is 54.1 Å². The summed E-state index contributed by atoms with van der Waals surface area (Å²) in [6.45, 7) is 0.478. The van der Waals surface area contributed by atoms with E-state index in [2.05, 4.69) is 5.32 Å². The predicted octanol–water partition coefficient (Wildman–Crippen LogP) is 3.44. The van der Waals surface area contributed by atoms with Crippen LogP contribution in [0.4, 0.5) is 5.69 Å². The number of rotatable bonds is 5. The van der Waals surface area contributed by atoms with E-state index in [-0.39, 0.29) is 5.75 Å². The molecule has 1 saturated carbocycles. The second kappa shape index (κ2) is 6.87. The molecule has 0 aromatic heterocycles. The van der Waals surface area contributed by atoms with Crippen LogP contribution in [0.1, 0.15) is 18.4 Å². The fourth-order valence-electron chi connectivity index (χ4n) is 2.41. The molecule has 5 heteroatoms. The number of anilines is 1. The zero-order valence-electron chi connectivity index (χ0n) is 13.0. The first-order chi connectivity index (χ1) is 11.2. The smallest absolute Gasteiger partial charge is 0.174 e. The average Bonchev–Trinajstić information content (AvgIpc) is 3.38. The van der Waals surface area contributed by atoms with E-state index in [4.69, 9.17) is 17.0 Å². The summed E-state index contributed by atoms with van der Waals surface area (Å²) in [4.78, 5) is 1.97. The first-order valence-electron chi connectivity index (χ1n) is 7.67. The third kappa shape index (κ3) is 3.74. The average molecular weight is 328 g/mol. The van der Waals surface area contributed by atoms with Gasteiger partial charge in [-0.3, -0.25) is 0 Å². The van der Waals surface area contributed by atoms with Crippen LogP contribution >= 0.6 is 12.2 Å². The second-order valence-corrected chi connectivity index (χ2v) is 6.00. The molecule has 0 bridgehead atoms. The van der Waals surface area contributed by atoms with Gasteiger partial charge in [-0.1, -0.05) is 30.3 Å². The standard InChI is InChI=1S/C18H20N2O2S/c1-22-17-9-5-3-7-15(17)20(18(23)19-14-10-11-14)12-13-6-2-4-8-16(13)21/h2-9,14,21H,10-12H2,1H3,(H,19,23). The number of phenolic OH excluding ortho intramolecular Hbond substituents is 1. The van der Waals surface area contributed by atoms with E-state index >= 15 is 0 Å². The lowest BCUT2D eigenvalue weighted by molar-refractivity contribution is 0.415. The fourth-order valence-corrected chi connectivity index (χ4v) is 2.74. The largest absolute Gasteiger partial charge is 0.508 e. The number of para-hydroxylation sites is 3. The molecule has 0 atom stereocenters. The molecular weight excluding hydrogens is 308 g/mol. The molecule has 2 aromatic carbocycles. The normalized spacial score (nSPS) is 13.4. The highest BCUT2D eigenvalue weighted by Gasteiger charge is 2.26. The van der Waals surface area contributed by atoms with Gasteiger partial charge in [0.15, 0.2) is 5.11 Å². The number of phenols is 1. The van der Waals surface area contributed by atoms with Crippen molar-refractivity contribution in [2.75, 3.05) is 12.0 Å². The Morgan fingerprint density at radius 2 is 1.91 bits per heavy atom. The topological polar surface area (TPSA) is 44.7 Å². The quantitative estimate of drug-likeness (QED) is 0.823. The molecule has 120 valence electrons. The Morgan fingerprint density at radius 1 is 1.22 bits per heavy atom. The predicted molar refractivity (Wildman–Crippen MR) is 96.0 cm³/mol. The minimum Gasteiger partial charge on any atom is -0.508 e. The van der Waals surface area contributed by atoms with Gasteiger partial charge in [0.2, 0.25) is 0 Å². The Bertz CT molecular complexity index is 701. The minimum atomic E-state index is 0.265. The van der Waals surface area contributed by atoms with Gasteiger partial charge in [-0.25, -0.2) is 0 Å². The Hall–Kier alpha value is -2.27. The lowest BCUT2D eigenvalue weighted by atomic mass is 10.1. The lowest BCUT2D eigenvalue weighted by Gasteiger charge is -2.27. The number of hydrogen-bond acceptors (Lipinski definition) is 3. The number of benzene rings is 2.